The van der Waals surface area contributed by atoms with Crippen molar-refractivity contribution in [1.82, 2.24) is 4.90 Å². The van der Waals surface area contributed by atoms with Crippen molar-refractivity contribution in [3.63, 3.8) is 0 Å². The van der Waals surface area contributed by atoms with Gasteiger partial charge in [-0.05, 0) is 36.3 Å². The van der Waals surface area contributed by atoms with Crippen molar-refractivity contribution in [2.75, 3.05) is 14.2 Å². The molecule has 0 saturated carbocycles. The van der Waals surface area contributed by atoms with Crippen LogP contribution < -0.4 is 4.74 Å². The molecule has 0 heterocycles. The molecule has 0 aromatic heterocycles. The van der Waals surface area contributed by atoms with E-state index in [1.54, 1.807) is 20.2 Å². The molecule has 2 aromatic rings. The second kappa shape index (κ2) is 8.31. The SMILES string of the molecule is COc1cccc(/C=C/C(=O)N(C)[C@@H](C)[C@H](O)c2ccccc2)c1. The first-order valence-electron chi connectivity index (χ1n) is 7.85. The first-order chi connectivity index (χ1) is 11.5. The predicted molar refractivity (Wildman–Crippen MR) is 95.7 cm³/mol. The number of methoxy groups -OCH3 is 1. The minimum Gasteiger partial charge on any atom is -0.497 e. The van der Waals surface area contributed by atoms with Crippen LogP contribution in [0.15, 0.2) is 60.7 Å². The summed E-state index contributed by atoms with van der Waals surface area (Å²) in [6, 6.07) is 16.5. The van der Waals surface area contributed by atoms with Crippen molar-refractivity contribution in [2.45, 2.75) is 19.1 Å². The number of carbonyl (C=O) groups excluding carboxylic acids is 1. The normalized spacial score (nSPS) is 13.5. The molecule has 24 heavy (non-hydrogen) atoms. The minimum absolute atomic E-state index is 0.166. The van der Waals surface area contributed by atoms with Gasteiger partial charge in [-0.25, -0.2) is 0 Å². The lowest BCUT2D eigenvalue weighted by molar-refractivity contribution is -0.128. The van der Waals surface area contributed by atoms with Gasteiger partial charge < -0.3 is 14.7 Å². The molecule has 4 nitrogen and oxygen atoms in total. The third kappa shape index (κ3) is 4.46. The Morgan fingerprint density at radius 2 is 1.88 bits per heavy atom. The van der Waals surface area contributed by atoms with E-state index < -0.39 is 6.10 Å². The van der Waals surface area contributed by atoms with E-state index in [1.165, 1.54) is 11.0 Å². The Hall–Kier alpha value is -2.59. The number of aliphatic hydroxyl groups is 1. The Morgan fingerprint density at radius 3 is 2.54 bits per heavy atom. The van der Waals surface area contributed by atoms with Gasteiger partial charge in [0.25, 0.3) is 0 Å². The van der Waals surface area contributed by atoms with Gasteiger partial charge >= 0.3 is 0 Å². The molecule has 126 valence electrons. The molecule has 2 atom stereocenters. The van der Waals surface area contributed by atoms with Crippen LogP contribution in [0.1, 0.15) is 24.2 Å². The standard InChI is InChI=1S/C20H23NO3/c1-15(20(23)17-9-5-4-6-10-17)21(2)19(22)13-12-16-8-7-11-18(14-16)24-3/h4-15,20,23H,1-3H3/b13-12+/t15-,20-/m0/s1. The predicted octanol–water partition coefficient (Wildman–Crippen LogP) is 3.29. The molecule has 0 bridgehead atoms. The van der Waals surface area contributed by atoms with E-state index >= 15 is 0 Å². The molecule has 2 rings (SSSR count). The summed E-state index contributed by atoms with van der Waals surface area (Å²) in [6.45, 7) is 1.83. The summed E-state index contributed by atoms with van der Waals surface area (Å²) in [4.78, 5) is 13.9. The molecule has 0 aliphatic heterocycles. The summed E-state index contributed by atoms with van der Waals surface area (Å²) in [5, 5.41) is 10.4. The quantitative estimate of drug-likeness (QED) is 0.829. The highest BCUT2D eigenvalue weighted by molar-refractivity contribution is 5.91. The van der Waals surface area contributed by atoms with Gasteiger partial charge in [0.05, 0.1) is 19.3 Å². The molecule has 0 spiro atoms. The summed E-state index contributed by atoms with van der Waals surface area (Å²) >= 11 is 0. The molecular formula is C20H23NO3. The number of carbonyl (C=O) groups is 1. The highest BCUT2D eigenvalue weighted by atomic mass is 16.5. The number of amides is 1. The van der Waals surface area contributed by atoms with Crippen LogP contribution in [0.2, 0.25) is 0 Å². The Balaban J connectivity index is 2.04. The van der Waals surface area contributed by atoms with E-state index in [2.05, 4.69) is 0 Å². The van der Waals surface area contributed by atoms with Crippen LogP contribution in [0.5, 0.6) is 5.75 Å². The van der Waals surface area contributed by atoms with Crippen LogP contribution >= 0.6 is 0 Å². The minimum atomic E-state index is -0.731. The third-order valence-corrected chi connectivity index (χ3v) is 4.07. The fourth-order valence-corrected chi connectivity index (χ4v) is 2.37. The van der Waals surface area contributed by atoms with Gasteiger partial charge in [-0.1, -0.05) is 42.5 Å². The molecule has 0 aliphatic rings. The lowest BCUT2D eigenvalue weighted by Gasteiger charge is -2.28. The first-order valence-corrected chi connectivity index (χ1v) is 7.85. The molecule has 2 aromatic carbocycles. The summed E-state index contributed by atoms with van der Waals surface area (Å²) in [5.74, 6) is 0.575. The van der Waals surface area contributed by atoms with Gasteiger partial charge in [0, 0.05) is 13.1 Å². The fraction of sp³-hybridized carbons (Fsp3) is 0.250. The molecule has 1 N–H and O–H groups in total. The lowest BCUT2D eigenvalue weighted by atomic mass is 10.0. The number of ether oxygens (including phenoxy) is 1. The largest absolute Gasteiger partial charge is 0.497 e. The van der Waals surface area contributed by atoms with Gasteiger partial charge in [-0.15, -0.1) is 0 Å². The van der Waals surface area contributed by atoms with Crippen molar-refractivity contribution >= 4 is 12.0 Å². The monoisotopic (exact) mass is 325 g/mol. The number of benzene rings is 2. The molecule has 0 aliphatic carbocycles. The van der Waals surface area contributed by atoms with Gasteiger partial charge in [0.2, 0.25) is 5.91 Å². The van der Waals surface area contributed by atoms with Crippen molar-refractivity contribution in [3.05, 3.63) is 71.8 Å². The van der Waals surface area contributed by atoms with Crippen LogP contribution in [0.25, 0.3) is 6.08 Å². The second-order valence-corrected chi connectivity index (χ2v) is 5.66. The van der Waals surface area contributed by atoms with Crippen molar-refractivity contribution in [3.8, 4) is 5.75 Å². The Morgan fingerprint density at radius 1 is 1.17 bits per heavy atom. The number of hydrogen-bond donors (Lipinski definition) is 1. The third-order valence-electron chi connectivity index (χ3n) is 4.07. The maximum atomic E-state index is 12.3. The fourth-order valence-electron chi connectivity index (χ4n) is 2.37. The molecular weight excluding hydrogens is 302 g/mol. The molecule has 4 heteroatoms. The Labute approximate surface area is 143 Å². The number of likely N-dealkylation sites (N-methyl/N-ethyl adjacent to an activating group) is 1. The number of nitrogens with zero attached hydrogens (tertiary/aromatic N) is 1. The van der Waals surface area contributed by atoms with Crippen molar-refractivity contribution in [2.24, 2.45) is 0 Å². The average molecular weight is 325 g/mol. The summed E-state index contributed by atoms with van der Waals surface area (Å²) in [7, 11) is 3.30. The van der Waals surface area contributed by atoms with E-state index in [4.69, 9.17) is 4.74 Å². The molecule has 0 saturated heterocycles. The maximum absolute atomic E-state index is 12.3. The molecule has 0 unspecified atom stereocenters. The van der Waals surface area contributed by atoms with Crippen LogP contribution in [-0.4, -0.2) is 36.1 Å². The summed E-state index contributed by atoms with van der Waals surface area (Å²) in [6.07, 6.45) is 2.51. The summed E-state index contributed by atoms with van der Waals surface area (Å²) < 4.78 is 5.17. The maximum Gasteiger partial charge on any atom is 0.246 e. The molecule has 0 radical (unpaired) electrons. The summed E-state index contributed by atoms with van der Waals surface area (Å²) in [5.41, 5.74) is 1.67. The van der Waals surface area contributed by atoms with Crippen LogP contribution in [0.3, 0.4) is 0 Å². The van der Waals surface area contributed by atoms with Gasteiger partial charge in [0.15, 0.2) is 0 Å². The highest BCUT2D eigenvalue weighted by Gasteiger charge is 2.22. The number of hydrogen-bond acceptors (Lipinski definition) is 3. The van der Waals surface area contributed by atoms with Crippen molar-refractivity contribution in [1.29, 1.82) is 0 Å². The topological polar surface area (TPSA) is 49.8 Å². The highest BCUT2D eigenvalue weighted by Crippen LogP contribution is 2.20. The average Bonchev–Trinajstić information content (AvgIpc) is 2.65. The van der Waals surface area contributed by atoms with Gasteiger partial charge in [-0.2, -0.15) is 0 Å². The van der Waals surface area contributed by atoms with Crippen LogP contribution in [-0.2, 0) is 4.79 Å². The smallest absolute Gasteiger partial charge is 0.246 e. The number of rotatable bonds is 6. The molecule has 1 amide bonds. The zero-order valence-corrected chi connectivity index (χ0v) is 14.2. The second-order valence-electron chi connectivity index (χ2n) is 5.66. The lowest BCUT2D eigenvalue weighted by Crippen LogP contribution is -2.38. The zero-order chi connectivity index (χ0) is 17.5. The van der Waals surface area contributed by atoms with E-state index in [0.29, 0.717) is 0 Å². The Kier molecular flexibility index (Phi) is 6.15. The van der Waals surface area contributed by atoms with Crippen molar-refractivity contribution < 1.29 is 14.6 Å². The Bertz CT molecular complexity index is 697. The van der Waals surface area contributed by atoms with Crippen LogP contribution in [0.4, 0.5) is 0 Å². The van der Waals surface area contributed by atoms with Gasteiger partial charge in [-0.3, -0.25) is 4.79 Å². The molecule has 0 fully saturated rings. The van der Waals surface area contributed by atoms with Crippen LogP contribution in [0, 0.1) is 0 Å². The number of aliphatic hydroxyl groups excluding tert-OH is 1. The van der Waals surface area contributed by atoms with Gasteiger partial charge in [0.1, 0.15) is 5.75 Å². The zero-order valence-electron chi connectivity index (χ0n) is 14.2. The van der Waals surface area contributed by atoms with E-state index in [0.717, 1.165) is 16.9 Å². The van der Waals surface area contributed by atoms with E-state index in [-0.39, 0.29) is 11.9 Å². The van der Waals surface area contributed by atoms with E-state index in [9.17, 15) is 9.90 Å². The van der Waals surface area contributed by atoms with E-state index in [1.807, 2.05) is 61.5 Å². The first kappa shape index (κ1) is 17.8.